The maximum atomic E-state index is 5.24. The zero-order chi connectivity index (χ0) is 11.2. The van der Waals surface area contributed by atoms with Crippen LogP contribution in [0.1, 0.15) is 6.92 Å². The zero-order valence-corrected chi connectivity index (χ0v) is 9.57. The quantitative estimate of drug-likeness (QED) is 0.209. The van der Waals surface area contributed by atoms with Crippen molar-refractivity contribution in [3.63, 3.8) is 0 Å². The number of hydrogen-bond acceptors (Lipinski definition) is 5. The molecule has 0 bridgehead atoms. The van der Waals surface area contributed by atoms with Crippen LogP contribution in [0.15, 0.2) is 0 Å². The van der Waals surface area contributed by atoms with E-state index in [1.165, 1.54) is 7.48 Å². The molecule has 89 valence electrons. The Hall–Kier alpha value is -0.135. The first kappa shape index (κ1) is 14.9. The van der Waals surface area contributed by atoms with E-state index in [2.05, 4.69) is 4.81 Å². The van der Waals surface area contributed by atoms with E-state index in [1.54, 1.807) is 6.82 Å². The third-order valence-corrected chi connectivity index (χ3v) is 1.42. The summed E-state index contributed by atoms with van der Waals surface area (Å²) in [5, 5.41) is 0. The molecule has 0 aromatic heterocycles. The minimum absolute atomic E-state index is 0.420. The van der Waals surface area contributed by atoms with Crippen LogP contribution in [-0.4, -0.2) is 53.7 Å². The maximum absolute atomic E-state index is 5.24. The zero-order valence-electron chi connectivity index (χ0n) is 9.57. The van der Waals surface area contributed by atoms with E-state index in [9.17, 15) is 0 Å². The van der Waals surface area contributed by atoms with Gasteiger partial charge < -0.3 is 19.0 Å². The van der Waals surface area contributed by atoms with Crippen LogP contribution in [0.2, 0.25) is 6.82 Å². The fourth-order valence-electron chi connectivity index (χ4n) is 0.793. The van der Waals surface area contributed by atoms with E-state index < -0.39 is 0 Å². The molecule has 0 spiro atoms. The molecular formula is C9H20BO5. The summed E-state index contributed by atoms with van der Waals surface area (Å²) >= 11 is 0. The Morgan fingerprint density at radius 3 is 1.87 bits per heavy atom. The van der Waals surface area contributed by atoms with Crippen molar-refractivity contribution < 1.29 is 23.9 Å². The number of hydrogen-bond donors (Lipinski definition) is 0. The van der Waals surface area contributed by atoms with Crippen molar-refractivity contribution in [1.82, 2.24) is 0 Å². The molecule has 0 aromatic carbocycles. The fraction of sp³-hybridized carbons (Fsp3) is 1.00. The van der Waals surface area contributed by atoms with Gasteiger partial charge in [-0.25, -0.2) is 0 Å². The largest absolute Gasteiger partial charge is 0.379 e. The Balaban J connectivity index is 2.81. The van der Waals surface area contributed by atoms with Gasteiger partial charge in [-0.2, -0.15) is 0 Å². The first-order valence-corrected chi connectivity index (χ1v) is 5.21. The van der Waals surface area contributed by atoms with Crippen LogP contribution in [0, 0.1) is 0 Å². The summed E-state index contributed by atoms with van der Waals surface area (Å²) in [7, 11) is 1.47. The van der Waals surface area contributed by atoms with Crippen LogP contribution < -0.4 is 0 Å². The summed E-state index contributed by atoms with van der Waals surface area (Å²) in [6.07, 6.45) is 0. The lowest BCUT2D eigenvalue weighted by Crippen LogP contribution is -2.12. The summed E-state index contributed by atoms with van der Waals surface area (Å²) in [6, 6.07) is 0. The van der Waals surface area contributed by atoms with Crippen molar-refractivity contribution in [2.75, 3.05) is 46.2 Å². The van der Waals surface area contributed by atoms with Gasteiger partial charge in [-0.15, -0.1) is 0 Å². The van der Waals surface area contributed by atoms with Gasteiger partial charge in [0.2, 0.25) is 0 Å². The van der Waals surface area contributed by atoms with Gasteiger partial charge in [-0.1, -0.05) is 6.82 Å². The van der Waals surface area contributed by atoms with E-state index in [0.29, 0.717) is 39.6 Å². The SMILES string of the molecule is C[B]OOCCOCCOCCOCC. The van der Waals surface area contributed by atoms with Gasteiger partial charge in [0.25, 0.3) is 0 Å². The van der Waals surface area contributed by atoms with Crippen LogP contribution in [0.4, 0.5) is 0 Å². The van der Waals surface area contributed by atoms with Crippen LogP contribution in [0.5, 0.6) is 0 Å². The predicted octanol–water partition coefficient (Wildman–Crippen LogP) is 0.672. The second-order valence-electron chi connectivity index (χ2n) is 2.58. The standard InChI is InChI=1S/C9H20BO5/c1-3-11-4-5-12-6-7-13-8-9-14-15-10-2/h3-9H2,1-2H3. The highest BCUT2D eigenvalue weighted by Gasteiger charge is 1.91. The van der Waals surface area contributed by atoms with Crippen molar-refractivity contribution >= 4 is 7.48 Å². The molecule has 0 rings (SSSR count). The monoisotopic (exact) mass is 219 g/mol. The summed E-state index contributed by atoms with van der Waals surface area (Å²) in [4.78, 5) is 9.25. The summed E-state index contributed by atoms with van der Waals surface area (Å²) < 4.78 is 15.5. The minimum Gasteiger partial charge on any atom is -0.379 e. The molecule has 0 saturated heterocycles. The molecule has 0 amide bonds. The van der Waals surface area contributed by atoms with Crippen molar-refractivity contribution in [2.45, 2.75) is 13.7 Å². The Kier molecular flexibility index (Phi) is 13.7. The molecule has 0 heterocycles. The minimum atomic E-state index is 0.420. The highest BCUT2D eigenvalue weighted by atomic mass is 17.2. The van der Waals surface area contributed by atoms with E-state index >= 15 is 0 Å². The molecule has 0 aliphatic carbocycles. The second-order valence-corrected chi connectivity index (χ2v) is 2.58. The molecule has 15 heavy (non-hydrogen) atoms. The Morgan fingerprint density at radius 1 is 0.800 bits per heavy atom. The van der Waals surface area contributed by atoms with Gasteiger partial charge in [0.1, 0.15) is 6.61 Å². The average Bonchev–Trinajstić information content (AvgIpc) is 2.26. The molecule has 0 aromatic rings. The Bertz CT molecular complexity index is 103. The van der Waals surface area contributed by atoms with Gasteiger partial charge in [-0.05, 0) is 6.92 Å². The number of rotatable bonds is 12. The molecule has 0 aliphatic rings. The van der Waals surface area contributed by atoms with Gasteiger partial charge in [0.15, 0.2) is 0 Å². The van der Waals surface area contributed by atoms with Crippen LogP contribution in [0.3, 0.4) is 0 Å². The second kappa shape index (κ2) is 13.9. The van der Waals surface area contributed by atoms with E-state index in [-0.39, 0.29) is 0 Å². The third-order valence-electron chi connectivity index (χ3n) is 1.42. The smallest absolute Gasteiger partial charge is 0.340 e. The average molecular weight is 219 g/mol. The molecule has 0 unspecified atom stereocenters. The Labute approximate surface area is 92.2 Å². The van der Waals surface area contributed by atoms with Gasteiger partial charge in [0.05, 0.1) is 33.0 Å². The van der Waals surface area contributed by atoms with Crippen LogP contribution in [-0.2, 0) is 23.9 Å². The summed E-state index contributed by atoms with van der Waals surface area (Å²) in [6.45, 7) is 7.74. The van der Waals surface area contributed by atoms with Crippen LogP contribution in [0.25, 0.3) is 0 Å². The molecule has 0 aliphatic heterocycles. The van der Waals surface area contributed by atoms with Crippen molar-refractivity contribution in [3.05, 3.63) is 0 Å². The van der Waals surface area contributed by atoms with E-state index in [0.717, 1.165) is 6.61 Å². The molecule has 1 radical (unpaired) electrons. The maximum Gasteiger partial charge on any atom is 0.340 e. The normalized spacial score (nSPS) is 10.5. The topological polar surface area (TPSA) is 46.2 Å². The number of ether oxygens (including phenoxy) is 3. The molecule has 6 heteroatoms. The lowest BCUT2D eigenvalue weighted by molar-refractivity contribution is -0.216. The highest BCUT2D eigenvalue weighted by molar-refractivity contribution is 6.24. The van der Waals surface area contributed by atoms with E-state index in [4.69, 9.17) is 19.1 Å². The lowest BCUT2D eigenvalue weighted by Gasteiger charge is -2.05. The molecule has 0 saturated carbocycles. The fourth-order valence-corrected chi connectivity index (χ4v) is 0.793. The first-order valence-electron chi connectivity index (χ1n) is 5.21. The van der Waals surface area contributed by atoms with Gasteiger partial charge in [0, 0.05) is 6.61 Å². The molecular weight excluding hydrogens is 199 g/mol. The summed E-state index contributed by atoms with van der Waals surface area (Å²) in [5.74, 6) is 0. The van der Waals surface area contributed by atoms with Crippen molar-refractivity contribution in [2.24, 2.45) is 0 Å². The molecule has 0 N–H and O–H groups in total. The lowest BCUT2D eigenvalue weighted by atomic mass is 10.1. The van der Waals surface area contributed by atoms with Crippen LogP contribution >= 0.6 is 0 Å². The first-order chi connectivity index (χ1) is 7.41. The third kappa shape index (κ3) is 13.9. The molecule has 5 nitrogen and oxygen atoms in total. The van der Waals surface area contributed by atoms with Gasteiger partial charge in [-0.3, -0.25) is 4.89 Å². The van der Waals surface area contributed by atoms with E-state index in [1.807, 2.05) is 6.92 Å². The predicted molar refractivity (Wildman–Crippen MR) is 56.8 cm³/mol. The molecule has 0 atom stereocenters. The van der Waals surface area contributed by atoms with Crippen molar-refractivity contribution in [3.8, 4) is 0 Å². The summed E-state index contributed by atoms with van der Waals surface area (Å²) in [5.41, 5.74) is 0. The molecule has 0 fully saturated rings. The van der Waals surface area contributed by atoms with Gasteiger partial charge >= 0.3 is 7.48 Å². The van der Waals surface area contributed by atoms with Crippen molar-refractivity contribution in [1.29, 1.82) is 0 Å². The highest BCUT2D eigenvalue weighted by Crippen LogP contribution is 1.82. The Morgan fingerprint density at radius 2 is 1.33 bits per heavy atom.